The Bertz CT molecular complexity index is 1300. The number of rotatable bonds is 6. The number of thiocarbonyl (C=S) groups is 1. The Morgan fingerprint density at radius 1 is 1.21 bits per heavy atom. The van der Waals surface area contributed by atoms with Crippen molar-refractivity contribution in [1.82, 2.24) is 10.3 Å². The van der Waals surface area contributed by atoms with E-state index in [1.807, 2.05) is 0 Å². The van der Waals surface area contributed by atoms with Crippen LogP contribution in [0, 0.1) is 0 Å². The minimum absolute atomic E-state index is 0.0474. The van der Waals surface area contributed by atoms with Gasteiger partial charge in [-0.25, -0.2) is 4.79 Å². The smallest absolute Gasteiger partial charge is 0.411 e. The summed E-state index contributed by atoms with van der Waals surface area (Å²) in [5.41, 5.74) is -1.30. The Hall–Kier alpha value is -3.31. The first kappa shape index (κ1) is 23.8. The molecule has 4 rings (SSSR count). The molecule has 1 aliphatic rings. The van der Waals surface area contributed by atoms with Crippen molar-refractivity contribution in [3.8, 4) is 17.2 Å². The average molecular weight is 512 g/mol. The first-order chi connectivity index (χ1) is 16.0. The number of alkyl halides is 3. The highest BCUT2D eigenvalue weighted by atomic mass is 35.5. The molecule has 0 aliphatic heterocycles. The van der Waals surface area contributed by atoms with Crippen LogP contribution in [0.3, 0.4) is 0 Å². The molecule has 0 unspecified atom stereocenters. The van der Waals surface area contributed by atoms with Crippen LogP contribution in [0.25, 0.3) is 10.9 Å². The molecule has 1 heterocycles. The van der Waals surface area contributed by atoms with Gasteiger partial charge in [0.1, 0.15) is 28.4 Å². The molecule has 12 heteroatoms. The van der Waals surface area contributed by atoms with Gasteiger partial charge in [0.05, 0.1) is 23.3 Å². The van der Waals surface area contributed by atoms with Crippen LogP contribution >= 0.6 is 23.8 Å². The lowest BCUT2D eigenvalue weighted by molar-refractivity contribution is -0.161. The number of carboxylic acid groups (broad SMARTS) is 1. The average Bonchev–Trinajstić information content (AvgIpc) is 3.55. The second-order valence-corrected chi connectivity index (χ2v) is 8.40. The van der Waals surface area contributed by atoms with Crippen LogP contribution in [0.2, 0.25) is 5.02 Å². The number of ether oxygens (including phenoxy) is 2. The van der Waals surface area contributed by atoms with Gasteiger partial charge in [-0.2, -0.15) is 13.2 Å². The zero-order valence-electron chi connectivity index (χ0n) is 17.5. The van der Waals surface area contributed by atoms with Gasteiger partial charge in [0.2, 0.25) is 0 Å². The molecule has 0 radical (unpaired) electrons. The van der Waals surface area contributed by atoms with Crippen LogP contribution in [0.15, 0.2) is 42.6 Å². The van der Waals surface area contributed by atoms with E-state index in [0.717, 1.165) is 0 Å². The van der Waals surface area contributed by atoms with Crippen molar-refractivity contribution in [3.63, 3.8) is 0 Å². The number of hydrogen-bond acceptors (Lipinski definition) is 5. The van der Waals surface area contributed by atoms with Gasteiger partial charge in [0.25, 0.3) is 0 Å². The number of aromatic carboxylic acids is 1. The number of halogens is 4. The largest absolute Gasteiger partial charge is 0.496 e. The van der Waals surface area contributed by atoms with E-state index in [9.17, 15) is 23.1 Å². The summed E-state index contributed by atoms with van der Waals surface area (Å²) in [4.78, 5) is 15.8. The van der Waals surface area contributed by atoms with Crippen molar-refractivity contribution >= 4 is 51.5 Å². The van der Waals surface area contributed by atoms with Gasteiger partial charge < -0.3 is 25.2 Å². The molecule has 7 nitrogen and oxygen atoms in total. The van der Waals surface area contributed by atoms with Gasteiger partial charge in [0, 0.05) is 23.7 Å². The lowest BCUT2D eigenvalue weighted by atomic mass is 10.1. The number of nitrogens with zero attached hydrogens (tertiary/aromatic N) is 1. The summed E-state index contributed by atoms with van der Waals surface area (Å²) in [6.45, 7) is 0. The van der Waals surface area contributed by atoms with E-state index in [-0.39, 0.29) is 34.3 Å². The van der Waals surface area contributed by atoms with Gasteiger partial charge in [0.15, 0.2) is 5.11 Å². The maximum Gasteiger partial charge on any atom is 0.411 e. The third-order valence-electron chi connectivity index (χ3n) is 5.32. The fourth-order valence-corrected chi connectivity index (χ4v) is 3.86. The molecule has 0 amide bonds. The van der Waals surface area contributed by atoms with Crippen LogP contribution in [0.1, 0.15) is 23.2 Å². The van der Waals surface area contributed by atoms with Crippen LogP contribution in [-0.4, -0.2) is 40.0 Å². The normalized spacial score (nSPS) is 14.4. The summed E-state index contributed by atoms with van der Waals surface area (Å²) in [5, 5.41) is 14.8. The fraction of sp³-hybridized carbons (Fsp3) is 0.227. The molecular weight excluding hydrogens is 495 g/mol. The van der Waals surface area contributed by atoms with Crippen LogP contribution in [-0.2, 0) is 0 Å². The summed E-state index contributed by atoms with van der Waals surface area (Å²) < 4.78 is 50.4. The number of aromatic nitrogens is 1. The van der Waals surface area contributed by atoms with E-state index < -0.39 is 17.7 Å². The molecule has 178 valence electrons. The molecule has 3 aromatic rings. The lowest BCUT2D eigenvalue weighted by Crippen LogP contribution is -2.49. The first-order valence-electron chi connectivity index (χ1n) is 9.86. The number of anilines is 1. The van der Waals surface area contributed by atoms with Crippen molar-refractivity contribution in [3.05, 3.63) is 53.2 Å². The minimum Gasteiger partial charge on any atom is -0.496 e. The number of methoxy groups -OCH3 is 1. The molecule has 2 aromatic carbocycles. The molecular formula is C22H17ClF3N3O4S. The molecule has 1 fully saturated rings. The molecule has 0 bridgehead atoms. The quantitative estimate of drug-likeness (QED) is 0.359. The molecule has 0 saturated heterocycles. The minimum atomic E-state index is -4.40. The summed E-state index contributed by atoms with van der Waals surface area (Å²) in [5.74, 6) is -0.380. The van der Waals surface area contributed by atoms with Gasteiger partial charge in [-0.3, -0.25) is 4.98 Å². The molecule has 3 N–H and O–H groups in total. The van der Waals surface area contributed by atoms with Crippen LogP contribution < -0.4 is 20.1 Å². The van der Waals surface area contributed by atoms with Crippen LogP contribution in [0.4, 0.5) is 18.9 Å². The van der Waals surface area contributed by atoms with E-state index in [1.165, 1.54) is 37.6 Å². The molecule has 34 heavy (non-hydrogen) atoms. The van der Waals surface area contributed by atoms with Gasteiger partial charge in [-0.05, 0) is 49.3 Å². The SMILES string of the molecule is COc1cc2nccc(Oc3ccc(NC(=S)NC4(C(F)(F)F)CC4)c(Cl)c3)c2cc1C(=O)O. The molecule has 0 spiro atoms. The predicted octanol–water partition coefficient (Wildman–Crippen LogP) is 5.77. The van der Waals surface area contributed by atoms with E-state index >= 15 is 0 Å². The number of benzene rings is 2. The third kappa shape index (κ3) is 4.66. The summed E-state index contributed by atoms with van der Waals surface area (Å²) in [6, 6.07) is 8.96. The predicted molar refractivity (Wildman–Crippen MR) is 124 cm³/mol. The maximum absolute atomic E-state index is 13.1. The maximum atomic E-state index is 13.1. The highest BCUT2D eigenvalue weighted by molar-refractivity contribution is 7.80. The molecule has 0 atom stereocenters. The zero-order valence-corrected chi connectivity index (χ0v) is 19.1. The van der Waals surface area contributed by atoms with Crippen molar-refractivity contribution < 1.29 is 32.5 Å². The van der Waals surface area contributed by atoms with Crippen LogP contribution in [0.5, 0.6) is 17.2 Å². The van der Waals surface area contributed by atoms with Crippen molar-refractivity contribution in [2.45, 2.75) is 24.6 Å². The summed E-state index contributed by atoms with van der Waals surface area (Å²) >= 11 is 11.3. The number of carbonyl (C=O) groups is 1. The highest BCUT2D eigenvalue weighted by Crippen LogP contribution is 2.49. The first-order valence-corrected chi connectivity index (χ1v) is 10.6. The Morgan fingerprint density at radius 3 is 2.53 bits per heavy atom. The number of hydrogen-bond donors (Lipinski definition) is 3. The van der Waals surface area contributed by atoms with E-state index in [0.29, 0.717) is 28.1 Å². The number of fused-ring (bicyclic) bond motifs is 1. The topological polar surface area (TPSA) is 92.7 Å². The zero-order chi connectivity index (χ0) is 24.7. The number of nitrogens with one attached hydrogen (secondary N) is 2. The van der Waals surface area contributed by atoms with Gasteiger partial charge >= 0.3 is 12.1 Å². The second kappa shape index (κ2) is 8.80. The summed E-state index contributed by atoms with van der Waals surface area (Å²) in [6.07, 6.45) is -3.01. The Balaban J connectivity index is 1.54. The Labute approximate surface area is 201 Å². The highest BCUT2D eigenvalue weighted by Gasteiger charge is 2.63. The summed E-state index contributed by atoms with van der Waals surface area (Å²) in [7, 11) is 1.36. The second-order valence-electron chi connectivity index (χ2n) is 7.59. The molecule has 1 aliphatic carbocycles. The molecule has 1 aromatic heterocycles. The number of pyridine rings is 1. The Kier molecular flexibility index (Phi) is 6.17. The lowest BCUT2D eigenvalue weighted by Gasteiger charge is -2.23. The van der Waals surface area contributed by atoms with Crippen molar-refractivity contribution in [2.75, 3.05) is 12.4 Å². The number of carboxylic acids is 1. The van der Waals surface area contributed by atoms with E-state index in [4.69, 9.17) is 33.3 Å². The Morgan fingerprint density at radius 2 is 1.94 bits per heavy atom. The monoisotopic (exact) mass is 511 g/mol. The van der Waals surface area contributed by atoms with E-state index in [1.54, 1.807) is 12.1 Å². The van der Waals surface area contributed by atoms with E-state index in [2.05, 4.69) is 15.6 Å². The fourth-order valence-electron chi connectivity index (χ4n) is 3.34. The van der Waals surface area contributed by atoms with Gasteiger partial charge in [-0.1, -0.05) is 11.6 Å². The molecule has 1 saturated carbocycles. The van der Waals surface area contributed by atoms with Gasteiger partial charge in [-0.15, -0.1) is 0 Å². The van der Waals surface area contributed by atoms with Crippen molar-refractivity contribution in [2.24, 2.45) is 0 Å². The third-order valence-corrected chi connectivity index (χ3v) is 5.83. The standard InChI is InChI=1S/C22H17ClF3N3O4S/c1-32-18-10-16-12(9-13(18)19(30)31)17(4-7-27-16)33-11-2-3-15(14(23)8-11)28-20(34)29-21(5-6-21)22(24,25)26/h2-4,7-10H,5-6H2,1H3,(H,30,31)(H2,28,29,34). The van der Waals surface area contributed by atoms with Crippen molar-refractivity contribution in [1.29, 1.82) is 0 Å².